The molecular formula is C13H8F3NO. The molecule has 0 aliphatic carbocycles. The molecule has 0 bridgehead atoms. The van der Waals surface area contributed by atoms with E-state index in [4.69, 9.17) is 0 Å². The maximum Gasteiger partial charge on any atom is 0.454 e. The largest absolute Gasteiger partial charge is 0.454 e. The molecule has 0 atom stereocenters. The monoisotopic (exact) mass is 251 g/mol. The van der Waals surface area contributed by atoms with E-state index >= 15 is 0 Å². The molecule has 1 heterocycles. The molecular weight excluding hydrogens is 243 g/mol. The number of benzene rings is 1. The molecule has 0 radical (unpaired) electrons. The van der Waals surface area contributed by atoms with Gasteiger partial charge in [0.1, 0.15) is 0 Å². The highest BCUT2D eigenvalue weighted by atomic mass is 19.4. The molecule has 1 aromatic carbocycles. The Labute approximate surface area is 101 Å². The molecule has 0 amide bonds. The fourth-order valence-electron chi connectivity index (χ4n) is 1.47. The molecule has 2 rings (SSSR count). The summed E-state index contributed by atoms with van der Waals surface area (Å²) in [7, 11) is 0. The number of carbonyl (C=O) groups excluding carboxylic acids is 1. The average Bonchev–Trinajstić information content (AvgIpc) is 2.38. The number of alkyl halides is 3. The van der Waals surface area contributed by atoms with Crippen molar-refractivity contribution in [2.24, 2.45) is 0 Å². The molecule has 0 saturated heterocycles. The van der Waals surface area contributed by atoms with Gasteiger partial charge in [0.25, 0.3) is 5.78 Å². The minimum Gasteiger partial charge on any atom is -0.284 e. The van der Waals surface area contributed by atoms with Crippen LogP contribution in [-0.4, -0.2) is 16.9 Å². The van der Waals surface area contributed by atoms with Crippen molar-refractivity contribution in [3.63, 3.8) is 0 Å². The molecule has 0 saturated carbocycles. The van der Waals surface area contributed by atoms with Crippen LogP contribution in [0.1, 0.15) is 10.4 Å². The molecule has 0 fully saturated rings. The Bertz CT molecular complexity index is 547. The number of carbonyl (C=O) groups is 1. The highest BCUT2D eigenvalue weighted by molar-refractivity contribution is 6.00. The van der Waals surface area contributed by atoms with Gasteiger partial charge in [0, 0.05) is 17.3 Å². The van der Waals surface area contributed by atoms with Gasteiger partial charge < -0.3 is 0 Å². The maximum absolute atomic E-state index is 12.2. The van der Waals surface area contributed by atoms with Crippen molar-refractivity contribution in [3.05, 3.63) is 54.2 Å². The van der Waals surface area contributed by atoms with Crippen molar-refractivity contribution in [2.45, 2.75) is 6.18 Å². The Morgan fingerprint density at radius 1 is 1.00 bits per heavy atom. The third kappa shape index (κ3) is 2.56. The lowest BCUT2D eigenvalue weighted by Gasteiger charge is -2.05. The lowest BCUT2D eigenvalue weighted by atomic mass is 10.1. The van der Waals surface area contributed by atoms with Crippen molar-refractivity contribution >= 4 is 5.78 Å². The second kappa shape index (κ2) is 4.60. The minimum absolute atomic E-state index is 0.456. The lowest BCUT2D eigenvalue weighted by Crippen LogP contribution is -2.22. The third-order valence-corrected chi connectivity index (χ3v) is 2.35. The van der Waals surface area contributed by atoms with Gasteiger partial charge in [-0.2, -0.15) is 13.2 Å². The summed E-state index contributed by atoms with van der Waals surface area (Å²) in [6.45, 7) is 0. The van der Waals surface area contributed by atoms with Crippen molar-refractivity contribution in [2.75, 3.05) is 0 Å². The number of pyridine rings is 1. The Kier molecular flexibility index (Phi) is 3.14. The van der Waals surface area contributed by atoms with E-state index in [1.54, 1.807) is 24.3 Å². The van der Waals surface area contributed by atoms with Crippen LogP contribution >= 0.6 is 0 Å². The predicted molar refractivity (Wildman–Crippen MR) is 60.1 cm³/mol. The van der Waals surface area contributed by atoms with Gasteiger partial charge in [-0.1, -0.05) is 30.3 Å². The summed E-state index contributed by atoms with van der Waals surface area (Å²) in [5.41, 5.74) is 0.847. The first-order valence-corrected chi connectivity index (χ1v) is 5.11. The Balaban J connectivity index is 2.29. The summed E-state index contributed by atoms with van der Waals surface area (Å²) >= 11 is 0. The molecule has 2 nitrogen and oxygen atoms in total. The first-order valence-electron chi connectivity index (χ1n) is 5.11. The number of rotatable bonds is 2. The molecule has 1 aromatic heterocycles. The second-order valence-electron chi connectivity index (χ2n) is 3.63. The number of halogens is 3. The van der Waals surface area contributed by atoms with Gasteiger partial charge >= 0.3 is 6.18 Å². The van der Waals surface area contributed by atoms with Gasteiger partial charge in [-0.25, -0.2) is 0 Å². The third-order valence-electron chi connectivity index (χ3n) is 2.35. The molecule has 92 valence electrons. The fraction of sp³-hybridized carbons (Fsp3) is 0.0769. The van der Waals surface area contributed by atoms with E-state index in [1.807, 2.05) is 6.07 Å². The first kappa shape index (κ1) is 12.3. The topological polar surface area (TPSA) is 30.0 Å². The van der Waals surface area contributed by atoms with Gasteiger partial charge in [0.05, 0.1) is 5.69 Å². The van der Waals surface area contributed by atoms with Crippen LogP contribution in [0.15, 0.2) is 48.7 Å². The molecule has 18 heavy (non-hydrogen) atoms. The summed E-state index contributed by atoms with van der Waals surface area (Å²) in [5, 5.41) is 0. The second-order valence-corrected chi connectivity index (χ2v) is 3.63. The average molecular weight is 251 g/mol. The van der Waals surface area contributed by atoms with Crippen LogP contribution in [-0.2, 0) is 0 Å². The van der Waals surface area contributed by atoms with Gasteiger partial charge in [0.15, 0.2) is 0 Å². The zero-order chi connectivity index (χ0) is 13.2. The molecule has 0 aliphatic heterocycles. The molecule has 2 aromatic rings. The van der Waals surface area contributed by atoms with Crippen molar-refractivity contribution in [1.29, 1.82) is 0 Å². The quantitative estimate of drug-likeness (QED) is 0.765. The van der Waals surface area contributed by atoms with Crippen LogP contribution < -0.4 is 0 Å². The van der Waals surface area contributed by atoms with Crippen molar-refractivity contribution < 1.29 is 18.0 Å². The molecule has 0 N–H and O–H groups in total. The summed E-state index contributed by atoms with van der Waals surface area (Å²) in [5.74, 6) is -1.88. The number of aromatic nitrogens is 1. The number of Topliss-reactive ketones (excluding diaryl/α,β-unsaturated/α-hetero) is 1. The van der Waals surface area contributed by atoms with E-state index in [9.17, 15) is 18.0 Å². The SMILES string of the molecule is O=C(c1ccc(-c2ccccc2)nc1)C(F)(F)F. The van der Waals surface area contributed by atoms with Gasteiger partial charge in [-0.05, 0) is 12.1 Å². The van der Waals surface area contributed by atoms with Gasteiger partial charge in [-0.15, -0.1) is 0 Å². The summed E-state index contributed by atoms with van der Waals surface area (Å²) in [6, 6.07) is 11.5. The van der Waals surface area contributed by atoms with Crippen LogP contribution in [0.25, 0.3) is 11.3 Å². The van der Waals surface area contributed by atoms with Crippen LogP contribution in [0, 0.1) is 0 Å². The highest BCUT2D eigenvalue weighted by Crippen LogP contribution is 2.22. The van der Waals surface area contributed by atoms with E-state index in [0.717, 1.165) is 17.8 Å². The lowest BCUT2D eigenvalue weighted by molar-refractivity contribution is -0.0885. The zero-order valence-electron chi connectivity index (χ0n) is 9.11. The zero-order valence-corrected chi connectivity index (χ0v) is 9.11. The van der Waals surface area contributed by atoms with Gasteiger partial charge in [0.2, 0.25) is 0 Å². The number of hydrogen-bond donors (Lipinski definition) is 0. The van der Waals surface area contributed by atoms with Gasteiger partial charge in [-0.3, -0.25) is 9.78 Å². The first-order chi connectivity index (χ1) is 8.48. The van der Waals surface area contributed by atoms with Crippen LogP contribution in [0.2, 0.25) is 0 Å². The van der Waals surface area contributed by atoms with E-state index in [2.05, 4.69) is 4.98 Å². The maximum atomic E-state index is 12.2. The summed E-state index contributed by atoms with van der Waals surface area (Å²) in [4.78, 5) is 14.8. The Morgan fingerprint density at radius 2 is 1.67 bits per heavy atom. The molecule has 0 unspecified atom stereocenters. The summed E-state index contributed by atoms with van der Waals surface area (Å²) in [6.07, 6.45) is -3.92. The van der Waals surface area contributed by atoms with E-state index < -0.39 is 17.5 Å². The normalized spacial score (nSPS) is 11.3. The number of ketones is 1. The standard InChI is InChI=1S/C13H8F3NO/c14-13(15,16)12(18)10-6-7-11(17-8-10)9-4-2-1-3-5-9/h1-8H. The Morgan fingerprint density at radius 3 is 2.17 bits per heavy atom. The highest BCUT2D eigenvalue weighted by Gasteiger charge is 2.39. The fourth-order valence-corrected chi connectivity index (χ4v) is 1.47. The smallest absolute Gasteiger partial charge is 0.284 e. The number of hydrogen-bond acceptors (Lipinski definition) is 2. The number of nitrogens with zero attached hydrogens (tertiary/aromatic N) is 1. The van der Waals surface area contributed by atoms with Crippen LogP contribution in [0.5, 0.6) is 0 Å². The van der Waals surface area contributed by atoms with Crippen LogP contribution in [0.4, 0.5) is 13.2 Å². The molecule has 5 heteroatoms. The Hall–Kier alpha value is -2.17. The molecule has 0 spiro atoms. The van der Waals surface area contributed by atoms with Crippen molar-refractivity contribution in [3.8, 4) is 11.3 Å². The predicted octanol–water partition coefficient (Wildman–Crippen LogP) is 3.49. The minimum atomic E-state index is -4.87. The van der Waals surface area contributed by atoms with E-state index in [-0.39, 0.29) is 0 Å². The van der Waals surface area contributed by atoms with Crippen molar-refractivity contribution in [1.82, 2.24) is 4.98 Å². The molecule has 0 aliphatic rings. The van der Waals surface area contributed by atoms with E-state index in [1.165, 1.54) is 6.07 Å². The van der Waals surface area contributed by atoms with E-state index in [0.29, 0.717) is 5.69 Å². The van der Waals surface area contributed by atoms with Crippen LogP contribution in [0.3, 0.4) is 0 Å². The summed E-state index contributed by atoms with van der Waals surface area (Å²) < 4.78 is 36.5.